The fourth-order valence-electron chi connectivity index (χ4n) is 2.84. The molecule has 0 radical (unpaired) electrons. The van der Waals surface area contributed by atoms with E-state index in [9.17, 15) is 0 Å². The minimum absolute atomic E-state index is 0.0163. The first-order chi connectivity index (χ1) is 10.3. The molecule has 2 rings (SSSR count). The Morgan fingerprint density at radius 2 is 2.05 bits per heavy atom. The molecule has 1 aromatic carbocycles. The summed E-state index contributed by atoms with van der Waals surface area (Å²) in [5.41, 5.74) is 4.05. The lowest BCUT2D eigenvalue weighted by Gasteiger charge is -2.33. The normalized spacial score (nSPS) is 16.9. The highest BCUT2D eigenvalue weighted by Gasteiger charge is 2.29. The van der Waals surface area contributed by atoms with E-state index in [4.69, 9.17) is 14.6 Å². The van der Waals surface area contributed by atoms with Crippen LogP contribution < -0.4 is 9.47 Å². The number of ether oxygens (including phenoxy) is 2. The molecule has 1 aliphatic heterocycles. The van der Waals surface area contributed by atoms with Crippen molar-refractivity contribution in [1.82, 2.24) is 0 Å². The van der Waals surface area contributed by atoms with Gasteiger partial charge in [0.15, 0.2) is 0 Å². The van der Waals surface area contributed by atoms with Crippen LogP contribution in [0.15, 0.2) is 24.3 Å². The first kappa shape index (κ1) is 16.6. The van der Waals surface area contributed by atoms with E-state index < -0.39 is 0 Å². The van der Waals surface area contributed by atoms with Crippen LogP contribution in [-0.4, -0.2) is 24.4 Å². The second-order valence-electron chi connectivity index (χ2n) is 6.58. The summed E-state index contributed by atoms with van der Waals surface area (Å²) in [4.78, 5) is 0. The average molecular weight is 302 g/mol. The minimum atomic E-state index is -0.324. The lowest BCUT2D eigenvalue weighted by Crippen LogP contribution is -2.29. The molecule has 0 bridgehead atoms. The Morgan fingerprint density at radius 3 is 2.59 bits per heavy atom. The van der Waals surface area contributed by atoms with Crippen molar-refractivity contribution in [2.24, 2.45) is 5.92 Å². The molecule has 22 heavy (non-hydrogen) atoms. The predicted molar refractivity (Wildman–Crippen MR) is 91.3 cm³/mol. The highest BCUT2D eigenvalue weighted by atomic mass is 16.5. The summed E-state index contributed by atoms with van der Waals surface area (Å²) < 4.78 is 11.6. The number of aliphatic hydroxyl groups excluding tert-OH is 1. The van der Waals surface area contributed by atoms with Crippen molar-refractivity contribution in [3.05, 3.63) is 35.4 Å². The third-order valence-electron chi connectivity index (χ3n) is 3.93. The molecule has 0 spiro atoms. The predicted octanol–water partition coefficient (Wildman–Crippen LogP) is 4.30. The molecule has 1 aliphatic rings. The monoisotopic (exact) mass is 302 g/mol. The second-order valence-corrected chi connectivity index (χ2v) is 6.58. The van der Waals surface area contributed by atoms with E-state index in [1.54, 1.807) is 13.2 Å². The standard InChI is InChI=1S/C19H26O3/c1-12(2)16-11-19(4,5)22-18-10-17(21-6)14(9-15(16)18)13(3)7-8-20/h7,9-12,20H,8H2,1-6H3/b13-7+. The number of hydrogen-bond acceptors (Lipinski definition) is 3. The van der Waals surface area contributed by atoms with Crippen molar-refractivity contribution >= 4 is 11.1 Å². The fraction of sp³-hybridized carbons (Fsp3) is 0.474. The molecule has 0 atom stereocenters. The average Bonchev–Trinajstić information content (AvgIpc) is 2.44. The number of aliphatic hydroxyl groups is 1. The Kier molecular flexibility index (Phi) is 4.66. The minimum Gasteiger partial charge on any atom is -0.496 e. The molecule has 0 fully saturated rings. The van der Waals surface area contributed by atoms with Crippen LogP contribution in [0.3, 0.4) is 0 Å². The van der Waals surface area contributed by atoms with E-state index >= 15 is 0 Å². The van der Waals surface area contributed by atoms with Crippen molar-refractivity contribution in [1.29, 1.82) is 0 Å². The van der Waals surface area contributed by atoms with Gasteiger partial charge in [0.2, 0.25) is 0 Å². The molecule has 120 valence electrons. The van der Waals surface area contributed by atoms with Crippen LogP contribution in [0.25, 0.3) is 11.1 Å². The Balaban J connectivity index is 2.66. The molecular formula is C19H26O3. The van der Waals surface area contributed by atoms with E-state index in [1.165, 1.54) is 5.57 Å². The maximum absolute atomic E-state index is 9.16. The summed E-state index contributed by atoms with van der Waals surface area (Å²) >= 11 is 0. The molecule has 1 N–H and O–H groups in total. The van der Waals surface area contributed by atoms with Crippen LogP contribution in [-0.2, 0) is 0 Å². The maximum Gasteiger partial charge on any atom is 0.131 e. The number of benzene rings is 1. The van der Waals surface area contributed by atoms with E-state index in [0.29, 0.717) is 5.92 Å². The highest BCUT2D eigenvalue weighted by molar-refractivity contribution is 5.80. The van der Waals surface area contributed by atoms with Crippen LogP contribution in [0.4, 0.5) is 0 Å². The van der Waals surface area contributed by atoms with Gasteiger partial charge in [-0.2, -0.15) is 0 Å². The van der Waals surface area contributed by atoms with Gasteiger partial charge in [0.05, 0.1) is 13.7 Å². The summed E-state index contributed by atoms with van der Waals surface area (Å²) in [6.45, 7) is 10.5. The molecule has 1 aromatic rings. The van der Waals surface area contributed by atoms with Crippen LogP contribution in [0.2, 0.25) is 0 Å². The van der Waals surface area contributed by atoms with Crippen LogP contribution >= 0.6 is 0 Å². The molecule has 0 aliphatic carbocycles. The zero-order valence-electron chi connectivity index (χ0n) is 14.4. The van der Waals surface area contributed by atoms with Gasteiger partial charge in [0.25, 0.3) is 0 Å². The third-order valence-corrected chi connectivity index (χ3v) is 3.93. The van der Waals surface area contributed by atoms with Crippen LogP contribution in [0.5, 0.6) is 11.5 Å². The Bertz CT molecular complexity index is 622. The van der Waals surface area contributed by atoms with E-state index in [1.807, 2.05) is 13.0 Å². The van der Waals surface area contributed by atoms with Gasteiger partial charge in [-0.15, -0.1) is 0 Å². The zero-order chi connectivity index (χ0) is 16.5. The SMILES string of the molecule is COc1cc2c(cc1/C(C)=C/CO)C(C(C)C)=CC(C)(C)O2. The number of methoxy groups -OCH3 is 1. The van der Waals surface area contributed by atoms with Crippen LogP contribution in [0, 0.1) is 5.92 Å². The van der Waals surface area contributed by atoms with E-state index in [0.717, 1.165) is 28.2 Å². The number of hydrogen-bond donors (Lipinski definition) is 1. The highest BCUT2D eigenvalue weighted by Crippen LogP contribution is 2.43. The number of rotatable bonds is 4. The molecule has 0 aromatic heterocycles. The lowest BCUT2D eigenvalue weighted by molar-refractivity contribution is 0.156. The van der Waals surface area contributed by atoms with Gasteiger partial charge in [0, 0.05) is 17.2 Å². The smallest absolute Gasteiger partial charge is 0.131 e. The summed E-state index contributed by atoms with van der Waals surface area (Å²) in [7, 11) is 1.66. The molecule has 0 saturated heterocycles. The molecule has 0 unspecified atom stereocenters. The van der Waals surface area contributed by atoms with Gasteiger partial charge in [-0.25, -0.2) is 0 Å². The zero-order valence-corrected chi connectivity index (χ0v) is 14.4. The number of fused-ring (bicyclic) bond motifs is 1. The summed E-state index contributed by atoms with van der Waals surface area (Å²) in [6, 6.07) is 4.06. The first-order valence-corrected chi connectivity index (χ1v) is 7.71. The van der Waals surface area contributed by atoms with E-state index in [2.05, 4.69) is 39.8 Å². The third kappa shape index (κ3) is 3.20. The van der Waals surface area contributed by atoms with Gasteiger partial charge in [0.1, 0.15) is 17.1 Å². The van der Waals surface area contributed by atoms with Crippen molar-refractivity contribution in [3.63, 3.8) is 0 Å². The van der Waals surface area contributed by atoms with Gasteiger partial charge in [-0.1, -0.05) is 19.9 Å². The first-order valence-electron chi connectivity index (χ1n) is 7.71. The van der Waals surface area contributed by atoms with Crippen molar-refractivity contribution < 1.29 is 14.6 Å². The maximum atomic E-state index is 9.16. The van der Waals surface area contributed by atoms with Crippen molar-refractivity contribution in [2.75, 3.05) is 13.7 Å². The Hall–Kier alpha value is -1.74. The summed E-state index contributed by atoms with van der Waals surface area (Å²) in [5, 5.41) is 9.16. The summed E-state index contributed by atoms with van der Waals surface area (Å²) in [6.07, 6.45) is 3.98. The van der Waals surface area contributed by atoms with Gasteiger partial charge >= 0.3 is 0 Å². The van der Waals surface area contributed by atoms with Gasteiger partial charge in [-0.3, -0.25) is 0 Å². The van der Waals surface area contributed by atoms with Crippen molar-refractivity contribution in [2.45, 2.75) is 40.2 Å². The Labute approximate surface area is 133 Å². The lowest BCUT2D eigenvalue weighted by atomic mass is 9.86. The molecule has 1 heterocycles. The van der Waals surface area contributed by atoms with Crippen molar-refractivity contribution in [3.8, 4) is 11.5 Å². The van der Waals surface area contributed by atoms with Gasteiger partial charge < -0.3 is 14.6 Å². The van der Waals surface area contributed by atoms with E-state index in [-0.39, 0.29) is 12.2 Å². The molecule has 0 saturated carbocycles. The molecular weight excluding hydrogens is 276 g/mol. The van der Waals surface area contributed by atoms with Gasteiger partial charge in [-0.05, 0) is 50.0 Å². The number of allylic oxidation sites excluding steroid dienone is 2. The second kappa shape index (κ2) is 6.17. The quantitative estimate of drug-likeness (QED) is 0.901. The fourth-order valence-corrected chi connectivity index (χ4v) is 2.84. The molecule has 3 heteroatoms. The topological polar surface area (TPSA) is 38.7 Å². The molecule has 3 nitrogen and oxygen atoms in total. The molecule has 0 amide bonds. The largest absolute Gasteiger partial charge is 0.496 e. The Morgan fingerprint density at radius 1 is 1.36 bits per heavy atom. The van der Waals surface area contributed by atoms with Crippen LogP contribution in [0.1, 0.15) is 45.7 Å². The summed E-state index contributed by atoms with van der Waals surface area (Å²) in [5.74, 6) is 2.03.